The van der Waals surface area contributed by atoms with Crippen LogP contribution in [0.4, 0.5) is 0 Å². The molecule has 1 aromatic heterocycles. The van der Waals surface area contributed by atoms with Gasteiger partial charge in [0.25, 0.3) is 0 Å². The molecule has 1 saturated heterocycles. The van der Waals surface area contributed by atoms with E-state index in [0.29, 0.717) is 17.5 Å². The van der Waals surface area contributed by atoms with Crippen molar-refractivity contribution < 1.29 is 4.79 Å². The second-order valence-electron chi connectivity index (χ2n) is 4.32. The normalized spacial score (nSPS) is 20.5. The number of thiazole rings is 1. The number of ketones is 1. The van der Waals surface area contributed by atoms with Crippen molar-refractivity contribution in [2.24, 2.45) is 5.92 Å². The molecular weight excluding hydrogens is 222 g/mol. The van der Waals surface area contributed by atoms with E-state index in [2.05, 4.69) is 15.2 Å². The Balaban J connectivity index is 1.78. The van der Waals surface area contributed by atoms with Crippen molar-refractivity contribution in [3.8, 4) is 0 Å². The maximum Gasteiger partial charge on any atom is 0.205 e. The molecule has 88 valence electrons. The molecule has 2 heterocycles. The molecule has 1 aliphatic rings. The molecule has 0 aliphatic carbocycles. The molecule has 0 amide bonds. The second kappa shape index (κ2) is 5.52. The van der Waals surface area contributed by atoms with Crippen LogP contribution in [0.15, 0.2) is 11.6 Å². The van der Waals surface area contributed by atoms with Crippen LogP contribution < -0.4 is 5.32 Å². The highest BCUT2D eigenvalue weighted by Gasteiger charge is 2.18. The second-order valence-corrected chi connectivity index (χ2v) is 5.21. The number of nitrogens with zero attached hydrogens (tertiary/aromatic N) is 2. The van der Waals surface area contributed by atoms with E-state index in [-0.39, 0.29) is 5.78 Å². The zero-order valence-corrected chi connectivity index (χ0v) is 10.3. The summed E-state index contributed by atoms with van der Waals surface area (Å²) in [6.07, 6.45) is 2.90. The molecule has 16 heavy (non-hydrogen) atoms. The van der Waals surface area contributed by atoms with Crippen molar-refractivity contribution in [2.75, 3.05) is 33.2 Å². The van der Waals surface area contributed by atoms with Crippen LogP contribution in [0.1, 0.15) is 16.2 Å². The summed E-state index contributed by atoms with van der Waals surface area (Å²) in [4.78, 5) is 17.9. The third-order valence-electron chi connectivity index (χ3n) is 2.82. The lowest BCUT2D eigenvalue weighted by Crippen LogP contribution is -2.31. The van der Waals surface area contributed by atoms with Gasteiger partial charge in [-0.2, -0.15) is 0 Å². The van der Waals surface area contributed by atoms with Gasteiger partial charge in [0.15, 0.2) is 5.01 Å². The standard InChI is InChI=1S/C11H17N3OS/c1-14(7-9-2-3-12-6-9)8-10(15)11-13-4-5-16-11/h4-5,9,12H,2-3,6-8H2,1H3. The highest BCUT2D eigenvalue weighted by atomic mass is 32.1. The molecule has 2 rings (SSSR count). The van der Waals surface area contributed by atoms with Crippen LogP contribution in [0.3, 0.4) is 0 Å². The van der Waals surface area contributed by atoms with Gasteiger partial charge in [0.2, 0.25) is 5.78 Å². The quantitative estimate of drug-likeness (QED) is 0.774. The summed E-state index contributed by atoms with van der Waals surface area (Å²) in [5, 5.41) is 5.80. The fourth-order valence-corrected chi connectivity index (χ4v) is 2.62. The van der Waals surface area contributed by atoms with E-state index in [9.17, 15) is 4.79 Å². The number of nitrogens with one attached hydrogen (secondary N) is 1. The van der Waals surface area contributed by atoms with Gasteiger partial charge in [-0.15, -0.1) is 11.3 Å². The molecule has 4 nitrogen and oxygen atoms in total. The Morgan fingerprint density at radius 3 is 3.25 bits per heavy atom. The molecule has 0 aromatic carbocycles. The molecule has 1 unspecified atom stereocenters. The molecule has 1 fully saturated rings. The summed E-state index contributed by atoms with van der Waals surface area (Å²) in [5.74, 6) is 0.817. The smallest absolute Gasteiger partial charge is 0.205 e. The zero-order valence-electron chi connectivity index (χ0n) is 9.48. The third-order valence-corrected chi connectivity index (χ3v) is 3.63. The van der Waals surface area contributed by atoms with Gasteiger partial charge in [0.05, 0.1) is 6.54 Å². The first-order valence-electron chi connectivity index (χ1n) is 5.57. The summed E-state index contributed by atoms with van der Waals surface area (Å²) in [5.41, 5.74) is 0. The van der Waals surface area contributed by atoms with Crippen LogP contribution in [0.2, 0.25) is 0 Å². The van der Waals surface area contributed by atoms with Crippen LogP contribution in [0.5, 0.6) is 0 Å². The van der Waals surface area contributed by atoms with Gasteiger partial charge >= 0.3 is 0 Å². The van der Waals surface area contributed by atoms with Gasteiger partial charge in [0, 0.05) is 18.1 Å². The summed E-state index contributed by atoms with van der Waals surface area (Å²) in [7, 11) is 2.00. The lowest BCUT2D eigenvalue weighted by Gasteiger charge is -2.18. The van der Waals surface area contributed by atoms with Gasteiger partial charge in [-0.1, -0.05) is 0 Å². The first-order valence-corrected chi connectivity index (χ1v) is 6.45. The number of hydrogen-bond donors (Lipinski definition) is 1. The SMILES string of the molecule is CN(CC(=O)c1nccs1)CC1CCNC1. The number of carbonyl (C=O) groups excluding carboxylic acids is 1. The van der Waals surface area contributed by atoms with E-state index in [1.807, 2.05) is 12.4 Å². The topological polar surface area (TPSA) is 45.2 Å². The Kier molecular flexibility index (Phi) is 4.04. The van der Waals surface area contributed by atoms with Crippen LogP contribution in [-0.2, 0) is 0 Å². The van der Waals surface area contributed by atoms with Crippen molar-refractivity contribution in [2.45, 2.75) is 6.42 Å². The van der Waals surface area contributed by atoms with E-state index in [1.54, 1.807) is 6.20 Å². The number of Topliss-reactive ketones (excluding diaryl/α,β-unsaturated/α-hetero) is 1. The van der Waals surface area contributed by atoms with Gasteiger partial charge in [-0.25, -0.2) is 4.98 Å². The Morgan fingerprint density at radius 2 is 2.62 bits per heavy atom. The van der Waals surface area contributed by atoms with E-state index in [4.69, 9.17) is 0 Å². The van der Waals surface area contributed by atoms with Crippen molar-refractivity contribution in [1.82, 2.24) is 15.2 Å². The van der Waals surface area contributed by atoms with Gasteiger partial charge in [-0.3, -0.25) is 9.69 Å². The van der Waals surface area contributed by atoms with Gasteiger partial charge in [-0.05, 0) is 32.5 Å². The Bertz CT molecular complexity index is 333. The monoisotopic (exact) mass is 239 g/mol. The number of hydrogen-bond acceptors (Lipinski definition) is 5. The lowest BCUT2D eigenvalue weighted by atomic mass is 10.1. The summed E-state index contributed by atoms with van der Waals surface area (Å²) in [6, 6.07) is 0. The number of aromatic nitrogens is 1. The average Bonchev–Trinajstić information content (AvgIpc) is 2.88. The fraction of sp³-hybridized carbons (Fsp3) is 0.636. The van der Waals surface area contributed by atoms with E-state index in [1.165, 1.54) is 17.8 Å². The largest absolute Gasteiger partial charge is 0.316 e. The van der Waals surface area contributed by atoms with E-state index >= 15 is 0 Å². The van der Waals surface area contributed by atoms with Crippen molar-refractivity contribution in [3.05, 3.63) is 16.6 Å². The molecule has 1 N–H and O–H groups in total. The molecule has 0 radical (unpaired) electrons. The minimum atomic E-state index is 0.128. The third kappa shape index (κ3) is 3.10. The Morgan fingerprint density at radius 1 is 1.75 bits per heavy atom. The summed E-state index contributed by atoms with van der Waals surface area (Å²) >= 11 is 1.42. The molecule has 1 aliphatic heterocycles. The van der Waals surface area contributed by atoms with Gasteiger partial charge in [0.1, 0.15) is 0 Å². The molecular formula is C11H17N3OS. The molecule has 0 spiro atoms. The first kappa shape index (κ1) is 11.7. The lowest BCUT2D eigenvalue weighted by molar-refractivity contribution is 0.0939. The van der Waals surface area contributed by atoms with Crippen molar-refractivity contribution in [3.63, 3.8) is 0 Å². The molecule has 0 saturated carbocycles. The molecule has 0 bridgehead atoms. The maximum atomic E-state index is 11.8. The predicted octanol–water partition coefficient (Wildman–Crippen LogP) is 0.867. The molecule has 5 heteroatoms. The fourth-order valence-electron chi connectivity index (χ4n) is 2.05. The van der Waals surface area contributed by atoms with Crippen molar-refractivity contribution in [1.29, 1.82) is 0 Å². The number of carbonyl (C=O) groups is 1. The van der Waals surface area contributed by atoms with Crippen molar-refractivity contribution >= 4 is 17.1 Å². The molecule has 1 aromatic rings. The molecule has 1 atom stereocenters. The zero-order chi connectivity index (χ0) is 11.4. The maximum absolute atomic E-state index is 11.8. The van der Waals surface area contributed by atoms with E-state index < -0.39 is 0 Å². The summed E-state index contributed by atoms with van der Waals surface area (Å²) in [6.45, 7) is 3.66. The van der Waals surface area contributed by atoms with Crippen LogP contribution >= 0.6 is 11.3 Å². The minimum absolute atomic E-state index is 0.128. The van der Waals surface area contributed by atoms with Crippen LogP contribution in [0.25, 0.3) is 0 Å². The highest BCUT2D eigenvalue weighted by molar-refractivity contribution is 7.11. The van der Waals surface area contributed by atoms with Crippen LogP contribution in [-0.4, -0.2) is 48.9 Å². The van der Waals surface area contributed by atoms with Gasteiger partial charge < -0.3 is 5.32 Å². The van der Waals surface area contributed by atoms with Crippen LogP contribution in [0, 0.1) is 5.92 Å². The van der Waals surface area contributed by atoms with E-state index in [0.717, 1.165) is 19.6 Å². The Labute approximate surface area is 99.7 Å². The number of likely N-dealkylation sites (N-methyl/N-ethyl adjacent to an activating group) is 1. The summed E-state index contributed by atoms with van der Waals surface area (Å²) < 4.78 is 0. The minimum Gasteiger partial charge on any atom is -0.316 e. The Hall–Kier alpha value is -0.780. The average molecular weight is 239 g/mol. The highest BCUT2D eigenvalue weighted by Crippen LogP contribution is 2.10. The predicted molar refractivity (Wildman–Crippen MR) is 64.9 cm³/mol. The number of rotatable bonds is 5. The first-order chi connectivity index (χ1) is 7.75.